The lowest BCUT2D eigenvalue weighted by molar-refractivity contribution is 0.204. The molecular weight excluding hydrogens is 416 g/mol. The molecule has 0 amide bonds. The Balaban J connectivity index is 1.57. The fraction of sp³-hybridized carbons (Fsp3) is 0.545. The van der Waals surface area contributed by atoms with Gasteiger partial charge in [0.1, 0.15) is 5.69 Å². The molecule has 1 saturated carbocycles. The van der Waals surface area contributed by atoms with E-state index in [0.29, 0.717) is 50.6 Å². The van der Waals surface area contributed by atoms with Crippen LogP contribution in [0, 0.1) is 0 Å². The molecule has 1 saturated heterocycles. The second-order valence-corrected chi connectivity index (χ2v) is 10.3. The minimum atomic E-state index is -3.21. The molecule has 0 unspecified atom stereocenters. The van der Waals surface area contributed by atoms with E-state index in [2.05, 4.69) is 5.10 Å². The molecule has 4 rings (SSSR count). The van der Waals surface area contributed by atoms with Crippen LogP contribution in [-0.4, -0.2) is 61.0 Å². The van der Waals surface area contributed by atoms with Crippen LogP contribution in [0.25, 0.3) is 0 Å². The molecule has 0 atom stereocenters. The van der Waals surface area contributed by atoms with E-state index in [1.54, 1.807) is 6.20 Å². The van der Waals surface area contributed by atoms with E-state index in [4.69, 9.17) is 4.74 Å². The van der Waals surface area contributed by atoms with Crippen molar-refractivity contribution in [2.24, 2.45) is 0 Å². The average molecular weight is 447 g/mol. The van der Waals surface area contributed by atoms with Crippen LogP contribution in [0.5, 0.6) is 5.75 Å². The molecule has 2 aromatic rings. The Labute approximate surface area is 183 Å². The largest absolute Gasteiger partial charge is 0.483 e. The van der Waals surface area contributed by atoms with Crippen LogP contribution in [0.4, 0.5) is 5.69 Å². The van der Waals surface area contributed by atoms with Gasteiger partial charge in [0, 0.05) is 32.7 Å². The Bertz CT molecular complexity index is 1040. The Morgan fingerprint density at radius 3 is 2.39 bits per heavy atom. The molecule has 9 heteroatoms. The fourth-order valence-corrected chi connectivity index (χ4v) is 5.10. The molecule has 31 heavy (non-hydrogen) atoms. The van der Waals surface area contributed by atoms with E-state index in [0.717, 1.165) is 31.2 Å². The molecule has 0 radical (unpaired) electrons. The number of benzene rings is 1. The van der Waals surface area contributed by atoms with Crippen molar-refractivity contribution in [3.05, 3.63) is 52.4 Å². The first kappa shape index (κ1) is 21.8. The van der Waals surface area contributed by atoms with Crippen molar-refractivity contribution in [1.82, 2.24) is 14.1 Å². The number of nitrogens with zero attached hydrogens (tertiary/aromatic N) is 4. The van der Waals surface area contributed by atoms with E-state index in [1.807, 2.05) is 35.2 Å². The molecule has 0 bridgehead atoms. The van der Waals surface area contributed by atoms with Crippen LogP contribution < -0.4 is 15.2 Å². The Kier molecular flexibility index (Phi) is 6.62. The lowest BCUT2D eigenvalue weighted by atomic mass is 10.1. The summed E-state index contributed by atoms with van der Waals surface area (Å²) in [4.78, 5) is 15.3. The van der Waals surface area contributed by atoms with Crippen LogP contribution in [0.2, 0.25) is 0 Å². The molecule has 2 aliphatic rings. The maximum absolute atomic E-state index is 13.3. The predicted octanol–water partition coefficient (Wildman–Crippen LogP) is 1.89. The molecule has 0 spiro atoms. The van der Waals surface area contributed by atoms with E-state index >= 15 is 0 Å². The predicted molar refractivity (Wildman–Crippen MR) is 120 cm³/mol. The minimum absolute atomic E-state index is 0.0498. The summed E-state index contributed by atoms with van der Waals surface area (Å²) in [6, 6.07) is 10.0. The highest BCUT2D eigenvalue weighted by molar-refractivity contribution is 7.88. The monoisotopic (exact) mass is 446 g/mol. The lowest BCUT2D eigenvalue weighted by Crippen LogP contribution is -2.49. The number of aryl methyl sites for hydroxylation is 2. The number of hydrogen-bond donors (Lipinski definition) is 0. The van der Waals surface area contributed by atoms with Crippen LogP contribution in [0.3, 0.4) is 0 Å². The van der Waals surface area contributed by atoms with Gasteiger partial charge < -0.3 is 9.64 Å². The standard InChI is InChI=1S/C22H30N4O4S/c1-31(28,29)25-15-13-24(14-16-25)20-17-23-26(12-11-18-7-3-2-4-8-18)22(27)21(20)30-19-9-5-6-10-19/h2-4,7-8,17,19H,5-6,9-16H2,1H3. The van der Waals surface area contributed by atoms with Gasteiger partial charge in [-0.2, -0.15) is 9.40 Å². The first-order valence-electron chi connectivity index (χ1n) is 10.9. The summed E-state index contributed by atoms with van der Waals surface area (Å²) < 4.78 is 32.8. The van der Waals surface area contributed by atoms with Gasteiger partial charge in [0.05, 0.1) is 18.6 Å². The third-order valence-corrected chi connectivity index (χ3v) is 7.37. The Morgan fingerprint density at radius 1 is 1.06 bits per heavy atom. The molecule has 1 aromatic heterocycles. The summed E-state index contributed by atoms with van der Waals surface area (Å²) in [5.41, 5.74) is 1.60. The third kappa shape index (κ3) is 5.27. The molecule has 2 fully saturated rings. The number of ether oxygens (including phenoxy) is 1. The van der Waals surface area contributed by atoms with Gasteiger partial charge in [0.2, 0.25) is 15.8 Å². The van der Waals surface area contributed by atoms with Crippen molar-refractivity contribution in [3.8, 4) is 5.75 Å². The minimum Gasteiger partial charge on any atom is -0.483 e. The van der Waals surface area contributed by atoms with E-state index < -0.39 is 10.0 Å². The highest BCUT2D eigenvalue weighted by Crippen LogP contribution is 2.30. The number of sulfonamides is 1. The highest BCUT2D eigenvalue weighted by Gasteiger charge is 2.28. The Hall–Kier alpha value is -2.39. The van der Waals surface area contributed by atoms with Gasteiger partial charge in [-0.1, -0.05) is 30.3 Å². The molecule has 1 aliphatic heterocycles. The number of anilines is 1. The molecule has 2 heterocycles. The van der Waals surface area contributed by atoms with Crippen molar-refractivity contribution in [2.45, 2.75) is 44.8 Å². The molecular formula is C22H30N4O4S. The molecule has 1 aromatic carbocycles. The van der Waals surface area contributed by atoms with Gasteiger partial charge >= 0.3 is 5.56 Å². The maximum atomic E-state index is 13.3. The van der Waals surface area contributed by atoms with E-state index in [9.17, 15) is 13.2 Å². The van der Waals surface area contributed by atoms with Crippen LogP contribution in [-0.2, 0) is 23.0 Å². The summed E-state index contributed by atoms with van der Waals surface area (Å²) in [7, 11) is -3.21. The fourth-order valence-electron chi connectivity index (χ4n) is 4.27. The highest BCUT2D eigenvalue weighted by atomic mass is 32.2. The van der Waals surface area contributed by atoms with E-state index in [1.165, 1.54) is 15.2 Å². The number of rotatable bonds is 7. The zero-order chi connectivity index (χ0) is 21.8. The summed E-state index contributed by atoms with van der Waals surface area (Å²) in [6.45, 7) is 2.26. The van der Waals surface area contributed by atoms with Gasteiger partial charge in [-0.3, -0.25) is 4.79 Å². The van der Waals surface area contributed by atoms with Crippen LogP contribution in [0.15, 0.2) is 41.3 Å². The maximum Gasteiger partial charge on any atom is 0.311 e. The summed E-state index contributed by atoms with van der Waals surface area (Å²) >= 11 is 0. The molecule has 0 N–H and O–H groups in total. The van der Waals surface area contributed by atoms with Crippen molar-refractivity contribution in [3.63, 3.8) is 0 Å². The number of aromatic nitrogens is 2. The molecule has 168 valence electrons. The summed E-state index contributed by atoms with van der Waals surface area (Å²) in [6.07, 6.45) is 7.82. The van der Waals surface area contributed by atoms with E-state index in [-0.39, 0.29) is 11.7 Å². The van der Waals surface area contributed by atoms with Gasteiger partial charge in [0.25, 0.3) is 0 Å². The first-order valence-corrected chi connectivity index (χ1v) is 12.8. The van der Waals surface area contributed by atoms with Crippen molar-refractivity contribution >= 4 is 15.7 Å². The SMILES string of the molecule is CS(=O)(=O)N1CCN(c2cnn(CCc3ccccc3)c(=O)c2OC2CCCC2)CC1. The second-order valence-electron chi connectivity index (χ2n) is 8.30. The van der Waals surface area contributed by atoms with Crippen molar-refractivity contribution in [2.75, 3.05) is 37.3 Å². The summed E-state index contributed by atoms with van der Waals surface area (Å²) in [5.74, 6) is 0.350. The second kappa shape index (κ2) is 9.40. The van der Waals surface area contributed by atoms with Gasteiger partial charge in [-0.15, -0.1) is 0 Å². The zero-order valence-electron chi connectivity index (χ0n) is 17.9. The lowest BCUT2D eigenvalue weighted by Gasteiger charge is -2.35. The van der Waals surface area contributed by atoms with Crippen LogP contribution in [0.1, 0.15) is 31.2 Å². The van der Waals surface area contributed by atoms with Gasteiger partial charge in [-0.25, -0.2) is 13.1 Å². The van der Waals surface area contributed by atoms with Crippen molar-refractivity contribution < 1.29 is 13.2 Å². The summed E-state index contributed by atoms with van der Waals surface area (Å²) in [5, 5.41) is 4.42. The third-order valence-electron chi connectivity index (χ3n) is 6.07. The quantitative estimate of drug-likeness (QED) is 0.646. The Morgan fingerprint density at radius 2 is 1.74 bits per heavy atom. The van der Waals surface area contributed by atoms with Gasteiger partial charge in [0.15, 0.2) is 0 Å². The molecule has 1 aliphatic carbocycles. The average Bonchev–Trinajstić information content (AvgIpc) is 3.28. The van der Waals surface area contributed by atoms with Gasteiger partial charge in [-0.05, 0) is 37.7 Å². The smallest absolute Gasteiger partial charge is 0.311 e. The first-order chi connectivity index (χ1) is 14.9. The zero-order valence-corrected chi connectivity index (χ0v) is 18.8. The number of hydrogen-bond acceptors (Lipinski definition) is 6. The van der Waals surface area contributed by atoms with Crippen LogP contribution >= 0.6 is 0 Å². The normalized spacial score (nSPS) is 18.4. The van der Waals surface area contributed by atoms with Crippen molar-refractivity contribution in [1.29, 1.82) is 0 Å². The molecule has 8 nitrogen and oxygen atoms in total. The number of piperazine rings is 1. The topological polar surface area (TPSA) is 84.7 Å².